The minimum Gasteiger partial charge on any atom is -0.456 e. The number of aromatic nitrogens is 3. The van der Waals surface area contributed by atoms with E-state index in [1.807, 2.05) is 36.4 Å². The molecular weight excluding hydrogens is 496 g/mol. The molecule has 2 heterocycles. The maximum absolute atomic E-state index is 12.9. The Labute approximate surface area is 227 Å². The van der Waals surface area contributed by atoms with Gasteiger partial charge in [0, 0.05) is 37.0 Å². The summed E-state index contributed by atoms with van der Waals surface area (Å²) >= 11 is 0. The number of hydrogen-bond donors (Lipinski definition) is 3. The molecule has 4 aromatic rings. The number of amides is 3. The van der Waals surface area contributed by atoms with Crippen LogP contribution in [0, 0.1) is 0 Å². The second-order valence-corrected chi connectivity index (χ2v) is 9.85. The zero-order chi connectivity index (χ0) is 27.8. The van der Waals surface area contributed by atoms with E-state index in [9.17, 15) is 9.59 Å². The van der Waals surface area contributed by atoms with Crippen molar-refractivity contribution in [1.82, 2.24) is 20.1 Å². The average Bonchev–Trinajstić information content (AvgIpc) is 3.34. The molecule has 0 radical (unpaired) electrons. The first-order valence-corrected chi connectivity index (χ1v) is 12.4. The molecule has 0 aliphatic rings. The summed E-state index contributed by atoms with van der Waals surface area (Å²) in [5.74, 6) is 1.60. The summed E-state index contributed by atoms with van der Waals surface area (Å²) in [6.45, 7) is 6.58. The third-order valence-electron chi connectivity index (χ3n) is 5.65. The quantitative estimate of drug-likeness (QED) is 0.273. The van der Waals surface area contributed by atoms with Crippen LogP contribution in [0.1, 0.15) is 32.0 Å². The van der Waals surface area contributed by atoms with Crippen molar-refractivity contribution < 1.29 is 19.1 Å². The summed E-state index contributed by atoms with van der Waals surface area (Å²) in [6.07, 6.45) is 3.30. The van der Waals surface area contributed by atoms with Gasteiger partial charge in [-0.2, -0.15) is 5.10 Å². The minimum absolute atomic E-state index is 0.0152. The highest BCUT2D eigenvalue weighted by Crippen LogP contribution is 2.27. The Morgan fingerprint density at radius 3 is 2.33 bits per heavy atom. The van der Waals surface area contributed by atoms with Crippen LogP contribution in [0.3, 0.4) is 0 Å². The Morgan fingerprint density at radius 1 is 0.949 bits per heavy atom. The number of methoxy groups -OCH3 is 1. The number of rotatable bonds is 9. The smallest absolute Gasteiger partial charge is 0.324 e. The van der Waals surface area contributed by atoms with E-state index in [0.29, 0.717) is 29.5 Å². The van der Waals surface area contributed by atoms with Gasteiger partial charge in [0.1, 0.15) is 23.9 Å². The van der Waals surface area contributed by atoms with Crippen LogP contribution >= 0.6 is 0 Å². The molecule has 0 saturated carbocycles. The van der Waals surface area contributed by atoms with Crippen LogP contribution in [0.15, 0.2) is 79.1 Å². The number of ether oxygens (including phenoxy) is 2. The van der Waals surface area contributed by atoms with Gasteiger partial charge in [0.25, 0.3) is 0 Å². The van der Waals surface area contributed by atoms with Crippen LogP contribution in [0.4, 0.5) is 16.3 Å². The molecule has 2 aromatic carbocycles. The van der Waals surface area contributed by atoms with Crippen LogP contribution in [0.2, 0.25) is 0 Å². The first-order chi connectivity index (χ1) is 18.7. The molecule has 3 amide bonds. The number of nitrogens with zero attached hydrogens (tertiary/aromatic N) is 3. The van der Waals surface area contributed by atoms with Crippen molar-refractivity contribution in [1.29, 1.82) is 0 Å². The molecule has 202 valence electrons. The molecular formula is C29H32N6O4. The fourth-order valence-electron chi connectivity index (χ4n) is 3.60. The van der Waals surface area contributed by atoms with Gasteiger partial charge in [-0.3, -0.25) is 15.1 Å². The summed E-state index contributed by atoms with van der Waals surface area (Å²) in [7, 11) is 1.48. The van der Waals surface area contributed by atoms with E-state index in [1.165, 1.54) is 7.11 Å². The molecule has 0 fully saturated rings. The summed E-state index contributed by atoms with van der Waals surface area (Å²) < 4.78 is 12.3. The molecule has 0 aliphatic carbocycles. The summed E-state index contributed by atoms with van der Waals surface area (Å²) in [5, 5.41) is 13.3. The van der Waals surface area contributed by atoms with Crippen LogP contribution in [0.25, 0.3) is 5.69 Å². The standard InChI is InChI=1S/C29H32N6O4/c1-29(2,3)25-16-26(35(34-25)22-11-7-20(8-12-22)17-31-27(36)19-38-4)33-28(37)32-21-9-13-23(14-10-21)39-24-6-5-15-30-18-24/h5-16,18H,17,19H2,1-4H3,(H,31,36)(H2,32,33,37). The zero-order valence-electron chi connectivity index (χ0n) is 22.4. The molecule has 0 atom stereocenters. The third kappa shape index (κ3) is 7.65. The molecule has 0 saturated heterocycles. The number of carbonyl (C=O) groups excluding carboxylic acids is 2. The second-order valence-electron chi connectivity index (χ2n) is 9.85. The first kappa shape index (κ1) is 27.3. The maximum Gasteiger partial charge on any atom is 0.324 e. The van der Waals surface area contributed by atoms with Gasteiger partial charge in [-0.25, -0.2) is 9.48 Å². The van der Waals surface area contributed by atoms with Gasteiger partial charge in [-0.05, 0) is 54.1 Å². The lowest BCUT2D eigenvalue weighted by Gasteiger charge is -2.14. The number of benzene rings is 2. The number of hydrogen-bond acceptors (Lipinski definition) is 6. The van der Waals surface area contributed by atoms with Gasteiger partial charge in [0.05, 0.1) is 17.6 Å². The second kappa shape index (κ2) is 12.2. The number of carbonyl (C=O) groups is 2. The maximum atomic E-state index is 12.9. The normalized spacial score (nSPS) is 11.1. The fourth-order valence-corrected chi connectivity index (χ4v) is 3.60. The summed E-state index contributed by atoms with van der Waals surface area (Å²) in [6, 6.07) is 19.7. The Morgan fingerprint density at radius 2 is 1.69 bits per heavy atom. The number of nitrogens with one attached hydrogen (secondary N) is 3. The number of urea groups is 1. The van der Waals surface area contributed by atoms with E-state index in [-0.39, 0.29) is 17.9 Å². The first-order valence-electron chi connectivity index (χ1n) is 12.4. The van der Waals surface area contributed by atoms with E-state index in [2.05, 4.69) is 41.7 Å². The van der Waals surface area contributed by atoms with Crippen LogP contribution < -0.4 is 20.7 Å². The largest absolute Gasteiger partial charge is 0.456 e. The number of anilines is 2. The minimum atomic E-state index is -0.407. The van der Waals surface area contributed by atoms with Crippen molar-refractivity contribution in [2.24, 2.45) is 0 Å². The number of pyridine rings is 1. The van der Waals surface area contributed by atoms with Crippen molar-refractivity contribution >= 4 is 23.4 Å². The van der Waals surface area contributed by atoms with E-state index in [4.69, 9.17) is 14.6 Å². The molecule has 2 aromatic heterocycles. The lowest BCUT2D eigenvalue weighted by atomic mass is 9.92. The van der Waals surface area contributed by atoms with E-state index in [1.54, 1.807) is 47.4 Å². The molecule has 0 spiro atoms. The Balaban J connectivity index is 1.45. The van der Waals surface area contributed by atoms with Crippen LogP contribution in [-0.4, -0.2) is 40.4 Å². The molecule has 0 bridgehead atoms. The van der Waals surface area contributed by atoms with Crippen molar-refractivity contribution in [3.05, 3.63) is 90.4 Å². The van der Waals surface area contributed by atoms with E-state index < -0.39 is 6.03 Å². The van der Waals surface area contributed by atoms with Gasteiger partial charge >= 0.3 is 6.03 Å². The SMILES string of the molecule is COCC(=O)NCc1ccc(-n2nc(C(C)(C)C)cc2NC(=O)Nc2ccc(Oc3cccnc3)cc2)cc1. The van der Waals surface area contributed by atoms with Crippen molar-refractivity contribution in [3.63, 3.8) is 0 Å². The molecule has 39 heavy (non-hydrogen) atoms. The van der Waals surface area contributed by atoms with Gasteiger partial charge in [0.15, 0.2) is 0 Å². The Kier molecular flexibility index (Phi) is 8.57. The zero-order valence-corrected chi connectivity index (χ0v) is 22.4. The van der Waals surface area contributed by atoms with E-state index >= 15 is 0 Å². The molecule has 10 nitrogen and oxygen atoms in total. The lowest BCUT2D eigenvalue weighted by molar-refractivity contribution is -0.124. The third-order valence-corrected chi connectivity index (χ3v) is 5.65. The highest BCUT2D eigenvalue weighted by Gasteiger charge is 2.21. The van der Waals surface area contributed by atoms with Crippen LogP contribution in [-0.2, 0) is 21.5 Å². The van der Waals surface area contributed by atoms with Gasteiger partial charge in [-0.15, -0.1) is 0 Å². The van der Waals surface area contributed by atoms with Gasteiger partial charge < -0.3 is 20.1 Å². The molecule has 0 aliphatic heterocycles. The molecule has 10 heteroatoms. The molecule has 3 N–H and O–H groups in total. The van der Waals surface area contributed by atoms with Crippen molar-refractivity contribution in [2.45, 2.75) is 32.7 Å². The predicted molar refractivity (Wildman–Crippen MR) is 149 cm³/mol. The topological polar surface area (TPSA) is 119 Å². The monoisotopic (exact) mass is 528 g/mol. The van der Waals surface area contributed by atoms with Crippen LogP contribution in [0.5, 0.6) is 11.5 Å². The molecule has 4 rings (SSSR count). The Bertz CT molecular complexity index is 1390. The summed E-state index contributed by atoms with van der Waals surface area (Å²) in [4.78, 5) is 28.6. The highest BCUT2D eigenvalue weighted by atomic mass is 16.5. The Hall–Kier alpha value is -4.70. The van der Waals surface area contributed by atoms with Crippen molar-refractivity contribution in [2.75, 3.05) is 24.4 Å². The molecule has 0 unspecified atom stereocenters. The lowest BCUT2D eigenvalue weighted by Crippen LogP contribution is -2.26. The van der Waals surface area contributed by atoms with Gasteiger partial charge in [0.2, 0.25) is 5.91 Å². The highest BCUT2D eigenvalue weighted by molar-refractivity contribution is 5.99. The van der Waals surface area contributed by atoms with Gasteiger partial charge in [-0.1, -0.05) is 32.9 Å². The summed E-state index contributed by atoms with van der Waals surface area (Å²) in [5.41, 5.74) is 2.89. The van der Waals surface area contributed by atoms with E-state index in [0.717, 1.165) is 16.9 Å². The average molecular weight is 529 g/mol. The predicted octanol–water partition coefficient (Wildman–Crippen LogP) is 5.26. The fraction of sp³-hybridized carbons (Fsp3) is 0.241. The van der Waals surface area contributed by atoms with Crippen molar-refractivity contribution in [3.8, 4) is 17.2 Å².